The number of anilines is 8. The van der Waals surface area contributed by atoms with E-state index in [2.05, 4.69) is 148 Å². The summed E-state index contributed by atoms with van der Waals surface area (Å²) in [6.45, 7) is 13.2. The number of hydrogen-bond donors (Lipinski definition) is 10. The molecule has 0 bridgehead atoms. The van der Waals surface area contributed by atoms with Crippen LogP contribution < -0.4 is 21.3 Å². The Balaban J connectivity index is 0.000000112. The number of halogens is 3. The van der Waals surface area contributed by atoms with Gasteiger partial charge in [-0.05, 0) is 143 Å². The van der Waals surface area contributed by atoms with Gasteiger partial charge in [-0.2, -0.15) is 20.4 Å². The Morgan fingerprint density at radius 2 is 0.564 bits per heavy atom. The molecule has 0 atom stereocenters. The molecule has 20 rings (SSSR count). The first-order valence-corrected chi connectivity index (χ1v) is 37.5. The maximum Gasteiger partial charge on any atom is 0.165 e. The van der Waals surface area contributed by atoms with Gasteiger partial charge < -0.3 is 31.5 Å². The number of phenolic OH excluding ortho intramolecular Hbond substituents is 2. The summed E-state index contributed by atoms with van der Waals surface area (Å²) >= 11 is 0. The van der Waals surface area contributed by atoms with Crippen LogP contribution in [-0.4, -0.2) is 90.9 Å². The summed E-state index contributed by atoms with van der Waals surface area (Å²) in [5.41, 5.74) is 11.3. The predicted octanol–water partition coefficient (Wildman–Crippen LogP) is 22.1. The number of aromatic hydroxyl groups is 2. The summed E-state index contributed by atoms with van der Waals surface area (Å²) in [6, 6.07) is 83.8. The van der Waals surface area contributed by atoms with E-state index in [9.17, 15) is 23.4 Å². The number of fused-ring (bicyclic) bond motifs is 8. The number of H-pyrrole nitrogens is 4. The van der Waals surface area contributed by atoms with Gasteiger partial charge in [0.2, 0.25) is 0 Å². The van der Waals surface area contributed by atoms with Gasteiger partial charge in [0, 0.05) is 54.9 Å². The fourth-order valence-corrected chi connectivity index (χ4v) is 13.9. The van der Waals surface area contributed by atoms with E-state index in [-0.39, 0.29) is 44.9 Å². The highest BCUT2D eigenvalue weighted by atomic mass is 19.1. The van der Waals surface area contributed by atoms with Crippen molar-refractivity contribution in [2.45, 2.75) is 52.4 Å². The summed E-state index contributed by atoms with van der Waals surface area (Å²) in [5.74, 6) is 5.14. The monoisotopic (exact) mass is 1550 g/mol. The van der Waals surface area contributed by atoms with Gasteiger partial charge in [0.05, 0.1) is 55.1 Å². The average Bonchev–Trinajstić information content (AvgIpc) is 1.68. The average molecular weight is 1550 g/mol. The van der Waals surface area contributed by atoms with E-state index >= 15 is 0 Å². The van der Waals surface area contributed by atoms with Crippen LogP contribution in [0.4, 0.5) is 59.7 Å². The van der Waals surface area contributed by atoms with Crippen LogP contribution in [0.25, 0.3) is 133 Å². The Morgan fingerprint density at radius 3 is 0.957 bits per heavy atom. The zero-order valence-corrected chi connectivity index (χ0v) is 63.9. The molecule has 0 spiro atoms. The first kappa shape index (κ1) is 74.2. The van der Waals surface area contributed by atoms with Crippen LogP contribution >= 0.6 is 0 Å². The van der Waals surface area contributed by atoms with Crippen molar-refractivity contribution < 1.29 is 23.4 Å². The van der Waals surface area contributed by atoms with Gasteiger partial charge in [-0.15, -0.1) is 0 Å². The van der Waals surface area contributed by atoms with Crippen LogP contribution in [0.5, 0.6) is 11.5 Å². The van der Waals surface area contributed by atoms with E-state index < -0.39 is 11.6 Å². The normalized spacial score (nSPS) is 11.5. The third-order valence-electron chi connectivity index (χ3n) is 19.7. The molecular formula is C92H73F3N20O2. The van der Waals surface area contributed by atoms with Crippen molar-refractivity contribution in [3.8, 4) is 57.1 Å². The number of rotatable bonds is 12. The summed E-state index contributed by atoms with van der Waals surface area (Å²) in [4.78, 5) is 37.9. The highest BCUT2D eigenvalue weighted by Crippen LogP contribution is 2.40. The molecule has 22 nitrogen and oxygen atoms in total. The maximum absolute atomic E-state index is 14.0. The molecule has 8 heterocycles. The molecule has 0 saturated heterocycles. The second-order valence-electron chi connectivity index (χ2n) is 29.7. The minimum absolute atomic E-state index is 0.0163. The lowest BCUT2D eigenvalue weighted by Gasteiger charge is -2.22. The fraction of sp³-hybridized carbons (Fsp3) is 0.0870. The molecule has 12 aromatic carbocycles. The number of nitrogens with zero attached hydrogens (tertiary/aromatic N) is 12. The Hall–Kier alpha value is -15.5. The van der Waals surface area contributed by atoms with E-state index in [1.54, 1.807) is 48.5 Å². The molecule has 574 valence electrons. The number of phenols is 2. The smallest absolute Gasteiger partial charge is 0.165 e. The molecular weight excluding hydrogens is 1470 g/mol. The number of aromatic amines is 4. The topological polar surface area (TPSA) is 306 Å². The third kappa shape index (κ3) is 15.4. The second-order valence-corrected chi connectivity index (χ2v) is 29.7. The molecule has 0 aliphatic carbocycles. The second kappa shape index (κ2) is 31.2. The van der Waals surface area contributed by atoms with Crippen molar-refractivity contribution in [1.82, 2.24) is 80.7 Å². The molecule has 0 radical (unpaired) electrons. The van der Waals surface area contributed by atoms with Crippen molar-refractivity contribution in [1.29, 1.82) is 0 Å². The van der Waals surface area contributed by atoms with Crippen LogP contribution in [-0.2, 0) is 10.8 Å². The van der Waals surface area contributed by atoms with Crippen LogP contribution in [0.2, 0.25) is 0 Å². The van der Waals surface area contributed by atoms with E-state index in [4.69, 9.17) is 19.9 Å². The van der Waals surface area contributed by atoms with Gasteiger partial charge in [-0.1, -0.05) is 187 Å². The third-order valence-corrected chi connectivity index (χ3v) is 19.7. The van der Waals surface area contributed by atoms with E-state index in [1.807, 2.05) is 176 Å². The van der Waals surface area contributed by atoms with Crippen LogP contribution in [0.3, 0.4) is 0 Å². The Labute approximate surface area is 666 Å². The Bertz CT molecular complexity index is 7130. The quantitative estimate of drug-likeness (QED) is 0.0543. The first-order chi connectivity index (χ1) is 56.8. The van der Waals surface area contributed by atoms with Crippen molar-refractivity contribution in [2.75, 3.05) is 21.3 Å². The maximum atomic E-state index is 14.0. The minimum atomic E-state index is -0.733. The fourth-order valence-electron chi connectivity index (χ4n) is 13.9. The van der Waals surface area contributed by atoms with Gasteiger partial charge in [-0.3, -0.25) is 20.4 Å². The number of benzene rings is 12. The lowest BCUT2D eigenvalue weighted by molar-refractivity contribution is 0.476. The molecule has 0 saturated carbocycles. The summed E-state index contributed by atoms with van der Waals surface area (Å²) in [7, 11) is 0. The molecule has 0 aliphatic heterocycles. The largest absolute Gasteiger partial charge is 0.507 e. The Kier molecular flexibility index (Phi) is 19.8. The van der Waals surface area contributed by atoms with E-state index in [0.29, 0.717) is 79.8 Å². The number of para-hydroxylation sites is 8. The summed E-state index contributed by atoms with van der Waals surface area (Å²) < 4.78 is 41.5. The Morgan fingerprint density at radius 1 is 0.265 bits per heavy atom. The highest BCUT2D eigenvalue weighted by Gasteiger charge is 2.25. The van der Waals surface area contributed by atoms with E-state index in [0.717, 1.165) is 88.9 Å². The molecule has 25 heteroatoms. The zero-order valence-electron chi connectivity index (χ0n) is 63.9. The number of aromatic nitrogens is 16. The molecule has 8 aromatic heterocycles. The van der Waals surface area contributed by atoms with Crippen molar-refractivity contribution in [3.63, 3.8) is 0 Å². The van der Waals surface area contributed by atoms with Crippen LogP contribution in [0.15, 0.2) is 273 Å². The number of nitrogens with one attached hydrogen (secondary N) is 8. The molecule has 0 amide bonds. The van der Waals surface area contributed by atoms with Crippen LogP contribution in [0, 0.1) is 17.5 Å². The molecule has 10 N–H and O–H groups in total. The molecule has 117 heavy (non-hydrogen) atoms. The van der Waals surface area contributed by atoms with Gasteiger partial charge >= 0.3 is 0 Å². The van der Waals surface area contributed by atoms with Gasteiger partial charge in [0.15, 0.2) is 52.4 Å². The minimum Gasteiger partial charge on any atom is -0.507 e. The van der Waals surface area contributed by atoms with Crippen molar-refractivity contribution >= 4 is 134 Å². The molecule has 20 aromatic rings. The van der Waals surface area contributed by atoms with Gasteiger partial charge in [0.1, 0.15) is 51.9 Å². The van der Waals surface area contributed by atoms with Crippen molar-refractivity contribution in [3.05, 3.63) is 302 Å². The molecule has 0 aliphatic rings. The summed E-state index contributed by atoms with van der Waals surface area (Å²) in [6.07, 6.45) is 0. The lowest BCUT2D eigenvalue weighted by atomic mass is 9.83. The first-order valence-electron chi connectivity index (χ1n) is 37.5. The zero-order chi connectivity index (χ0) is 80.5. The van der Waals surface area contributed by atoms with Crippen LogP contribution in [0.1, 0.15) is 52.7 Å². The SMILES string of the molecule is CC(C)(C)c1ccccc1-c1nc(Nc2n[nH]c3ccc(F)cc23)c2ccccc2n1.CC(C)(C)c1ccccc1-c1nc(Nc2n[nH]c3ccccc23)c2ccccc2n1.Oc1ccccc1-c1nc(Nc2n[nH]c3c(F)cc(F)cc23)c2ccccc2n1.Oc1ccccc1-c1nc(Nc2n[nH]c3ccccc23)c2ccccc2n1. The lowest BCUT2D eigenvalue weighted by Crippen LogP contribution is -2.13. The predicted molar refractivity (Wildman–Crippen MR) is 458 cm³/mol. The molecule has 0 unspecified atom stereocenters. The summed E-state index contributed by atoms with van der Waals surface area (Å²) in [5, 5.41) is 68.7. The number of hydrogen-bond acceptors (Lipinski definition) is 18. The highest BCUT2D eigenvalue weighted by molar-refractivity contribution is 6.02. The standard InChI is InChI=1S/C25H22FN5.C25H23N5.C21H13F2N5O.C21H15N5O/c1-25(2,3)19-10-6-4-8-16(19)22-27-20-11-7-5-9-17(20)23(28-22)29-24-18-14-15(26)12-13-21(18)30-31-24;1-25(2,3)19-13-7-4-10-16(19)22-26-20-14-8-5-11-17(20)23(27-22)28-24-18-12-6-9-15-21(18)29-30-24;22-11-9-14-18(15(23)10-11)27-28-21(14)26-19-12-5-1-3-7-16(12)24-20(25-19)13-6-2-4-8-17(13)29;27-18-12-6-3-9-15(18)20-22-16-10-4-1-7-13(16)19(23-20)24-21-14-8-2-5-11-17(14)25-26-21/h4-14H,1-3H3,(H2,27,28,29,30,31);4-15H,1-3H3,(H2,26,27,28,29,30);1-10,29H,(H2,24,25,26,27,28);1-12,27H,(H2,22,23,24,25,26). The van der Waals surface area contributed by atoms with Gasteiger partial charge in [0.25, 0.3) is 0 Å². The van der Waals surface area contributed by atoms with Gasteiger partial charge in [-0.25, -0.2) is 53.0 Å². The van der Waals surface area contributed by atoms with E-state index in [1.165, 1.54) is 29.3 Å². The molecule has 0 fully saturated rings. The van der Waals surface area contributed by atoms with Crippen molar-refractivity contribution in [2.24, 2.45) is 0 Å².